The molecule has 12 heteroatoms. The number of nitrogens with two attached hydrogens (primary N) is 1. The molecule has 4 N–H and O–H groups in total. The fourth-order valence-electron chi connectivity index (χ4n) is 6.61. The van der Waals surface area contributed by atoms with E-state index >= 15 is 0 Å². The van der Waals surface area contributed by atoms with Gasteiger partial charge in [-0.25, -0.2) is 14.6 Å². The summed E-state index contributed by atoms with van der Waals surface area (Å²) in [5.74, 6) is -0.276. The van der Waals surface area contributed by atoms with Crippen LogP contribution in [0.25, 0.3) is 10.8 Å². The third kappa shape index (κ3) is 9.35. The van der Waals surface area contributed by atoms with E-state index in [-0.39, 0.29) is 30.8 Å². The average Bonchev–Trinajstić information content (AvgIpc) is 3.89. The predicted molar refractivity (Wildman–Crippen MR) is 214 cm³/mol. The highest BCUT2D eigenvalue weighted by Gasteiger charge is 2.46. The van der Waals surface area contributed by atoms with E-state index < -0.39 is 34.8 Å². The van der Waals surface area contributed by atoms with Crippen molar-refractivity contribution in [2.75, 3.05) is 29.6 Å². The molecule has 5 rings (SSSR count). The Balaban J connectivity index is 1.54. The van der Waals surface area contributed by atoms with Crippen LogP contribution < -0.4 is 16.0 Å². The number of pyridine rings is 1. The fourth-order valence-corrected chi connectivity index (χ4v) is 6.61. The average molecular weight is 749 g/mol. The van der Waals surface area contributed by atoms with Crippen molar-refractivity contribution in [2.45, 2.75) is 103 Å². The molecule has 3 aromatic carbocycles. The van der Waals surface area contributed by atoms with Crippen LogP contribution in [0.3, 0.4) is 0 Å². The molecule has 0 saturated heterocycles. The number of carbonyl (C=O) groups is 3. The quantitative estimate of drug-likeness (QED) is 0.134. The largest absolute Gasteiger partial charge is 0.443 e. The third-order valence-electron chi connectivity index (χ3n) is 9.49. The van der Waals surface area contributed by atoms with Crippen molar-refractivity contribution in [1.29, 1.82) is 5.26 Å². The number of carbonyl (C=O) groups excluding carboxylic acids is 3. The minimum atomic E-state index is -0.933. The van der Waals surface area contributed by atoms with Gasteiger partial charge in [-0.2, -0.15) is 10.2 Å². The van der Waals surface area contributed by atoms with Crippen LogP contribution in [0.4, 0.5) is 26.8 Å². The molecule has 0 bridgehead atoms. The Morgan fingerprint density at radius 2 is 1.64 bits per heavy atom. The molecule has 1 aliphatic carbocycles. The van der Waals surface area contributed by atoms with Crippen LogP contribution in [0.15, 0.2) is 66.9 Å². The van der Waals surface area contributed by atoms with E-state index in [1.165, 1.54) is 6.20 Å². The maximum Gasteiger partial charge on any atom is 0.425 e. The zero-order valence-electron chi connectivity index (χ0n) is 33.2. The van der Waals surface area contributed by atoms with Crippen molar-refractivity contribution < 1.29 is 29.0 Å². The molecule has 1 fully saturated rings. The number of nitrogens with zero attached hydrogens (tertiary/aromatic N) is 4. The zero-order valence-corrected chi connectivity index (χ0v) is 33.2. The number of hydrogen-bond acceptors (Lipinski definition) is 10. The molecule has 1 saturated carbocycles. The van der Waals surface area contributed by atoms with E-state index in [0.29, 0.717) is 27.7 Å². The second-order valence-electron chi connectivity index (χ2n) is 16.4. The second-order valence-corrected chi connectivity index (χ2v) is 16.4. The predicted octanol–water partition coefficient (Wildman–Crippen LogP) is 8.26. The summed E-state index contributed by atoms with van der Waals surface area (Å²) < 4.78 is 11.2. The van der Waals surface area contributed by atoms with Gasteiger partial charge in [-0.3, -0.25) is 4.79 Å². The number of anilines is 3. The van der Waals surface area contributed by atoms with Crippen molar-refractivity contribution >= 4 is 46.1 Å². The summed E-state index contributed by atoms with van der Waals surface area (Å²) in [6.45, 7) is 14.3. The van der Waals surface area contributed by atoms with Gasteiger partial charge < -0.3 is 30.5 Å². The van der Waals surface area contributed by atoms with Gasteiger partial charge in [-0.05, 0) is 131 Å². The first-order valence-electron chi connectivity index (χ1n) is 18.4. The van der Waals surface area contributed by atoms with Crippen LogP contribution in [-0.4, -0.2) is 57.9 Å². The number of aliphatic hydroxyl groups excluding tert-OH is 1. The number of nitriles is 1. The van der Waals surface area contributed by atoms with E-state index in [4.69, 9.17) is 15.2 Å². The molecule has 290 valence electrons. The lowest BCUT2D eigenvalue weighted by Gasteiger charge is -2.29. The topological polar surface area (TPSA) is 171 Å². The van der Waals surface area contributed by atoms with Crippen molar-refractivity contribution in [3.05, 3.63) is 94.7 Å². The van der Waals surface area contributed by atoms with Gasteiger partial charge >= 0.3 is 12.2 Å². The number of nitrogen functional groups attached to an aromatic ring is 1. The van der Waals surface area contributed by atoms with Crippen LogP contribution >= 0.6 is 0 Å². The maximum absolute atomic E-state index is 14.6. The molecule has 0 aliphatic heterocycles. The Labute approximate surface area is 323 Å². The summed E-state index contributed by atoms with van der Waals surface area (Å²) in [6, 6.07) is 20.0. The Morgan fingerprint density at radius 1 is 0.982 bits per heavy atom. The van der Waals surface area contributed by atoms with E-state index in [9.17, 15) is 24.8 Å². The van der Waals surface area contributed by atoms with E-state index in [2.05, 4.69) is 16.4 Å². The number of ether oxygens (including phenoxy) is 2. The van der Waals surface area contributed by atoms with Crippen molar-refractivity contribution in [3.8, 4) is 6.07 Å². The molecule has 2 unspecified atom stereocenters. The number of aryl methyl sites for hydroxylation is 1. The number of aliphatic hydroxyl groups is 1. The van der Waals surface area contributed by atoms with Gasteiger partial charge in [-0.1, -0.05) is 31.2 Å². The number of amides is 3. The Kier molecular flexibility index (Phi) is 11.5. The van der Waals surface area contributed by atoms with Crippen molar-refractivity contribution in [2.24, 2.45) is 0 Å². The van der Waals surface area contributed by atoms with Gasteiger partial charge in [0, 0.05) is 49.1 Å². The van der Waals surface area contributed by atoms with Gasteiger partial charge in [0.25, 0.3) is 0 Å². The minimum Gasteiger partial charge on any atom is -0.443 e. The SMILES string of the molecule is Cc1cc(C(Nc2ccc3c(N(C(=O)OC(C)(C)C)C(=O)OC(C)(C)C)nccc3c2)C(=O)N(C)Cc2cc(N)ccc2C2(C#N)CC2)ccc1C(C)CO. The first-order chi connectivity index (χ1) is 25.8. The lowest BCUT2D eigenvalue weighted by Crippen LogP contribution is -2.44. The zero-order chi connectivity index (χ0) is 40.5. The van der Waals surface area contributed by atoms with Gasteiger partial charge in [0.15, 0.2) is 5.82 Å². The molecule has 4 aromatic rings. The normalized spacial score (nSPS) is 14.6. The number of fused-ring (bicyclic) bond motifs is 1. The number of imide groups is 1. The molecule has 55 heavy (non-hydrogen) atoms. The van der Waals surface area contributed by atoms with Crippen LogP contribution in [-0.2, 0) is 26.2 Å². The first-order valence-corrected chi connectivity index (χ1v) is 18.4. The Bertz CT molecular complexity index is 2110. The Morgan fingerprint density at radius 3 is 2.20 bits per heavy atom. The highest BCUT2D eigenvalue weighted by molar-refractivity contribution is 6.14. The lowest BCUT2D eigenvalue weighted by molar-refractivity contribution is -0.131. The van der Waals surface area contributed by atoms with Crippen LogP contribution in [0.2, 0.25) is 0 Å². The number of aromatic nitrogens is 1. The maximum atomic E-state index is 14.6. The summed E-state index contributed by atoms with van der Waals surface area (Å²) in [5.41, 5.74) is 9.30. The smallest absolute Gasteiger partial charge is 0.425 e. The van der Waals surface area contributed by atoms with Crippen LogP contribution in [0.5, 0.6) is 0 Å². The number of nitrogens with one attached hydrogen (secondary N) is 1. The number of rotatable bonds is 10. The summed E-state index contributed by atoms with van der Waals surface area (Å²) in [6.07, 6.45) is 1.13. The summed E-state index contributed by atoms with van der Waals surface area (Å²) >= 11 is 0. The van der Waals surface area contributed by atoms with Gasteiger partial charge in [0.1, 0.15) is 17.2 Å². The van der Waals surface area contributed by atoms with E-state index in [0.717, 1.165) is 40.0 Å². The molecule has 1 aliphatic rings. The number of likely N-dealkylation sites (N-methyl/N-ethyl adjacent to an activating group) is 1. The van der Waals surface area contributed by atoms with Gasteiger partial charge in [0.05, 0.1) is 11.5 Å². The molecule has 2 atom stereocenters. The van der Waals surface area contributed by atoms with Crippen molar-refractivity contribution in [1.82, 2.24) is 9.88 Å². The molecule has 1 heterocycles. The van der Waals surface area contributed by atoms with Crippen molar-refractivity contribution in [3.63, 3.8) is 0 Å². The molecule has 0 radical (unpaired) electrons. The standard InChI is InChI=1S/C43H52N6O6/c1-26-20-29(10-13-33(26)27(2)24-50)36(38(51)48(9)23-30-21-31(45)11-15-35(30)43(25-44)17-18-43)47-32-12-14-34-28(22-32)16-19-46-37(34)49(39(52)54-41(3,4)5)40(53)55-42(6,7)8/h10-16,19-22,27,36,47,50H,17-18,23-24,45H2,1-9H3. The fraction of sp³-hybridized carbons (Fsp3) is 0.419. The summed E-state index contributed by atoms with van der Waals surface area (Å²) in [7, 11) is 1.73. The van der Waals surface area contributed by atoms with E-state index in [1.807, 2.05) is 50.2 Å². The summed E-state index contributed by atoms with van der Waals surface area (Å²) in [5, 5.41) is 24.4. The lowest BCUT2D eigenvalue weighted by atomic mass is 9.91. The number of hydrogen-bond donors (Lipinski definition) is 3. The van der Waals surface area contributed by atoms with Gasteiger partial charge in [0.2, 0.25) is 5.91 Å². The second kappa shape index (κ2) is 15.6. The van der Waals surface area contributed by atoms with E-state index in [1.54, 1.807) is 77.8 Å². The molecular weight excluding hydrogens is 697 g/mol. The summed E-state index contributed by atoms with van der Waals surface area (Å²) in [4.78, 5) is 48.3. The van der Waals surface area contributed by atoms with Crippen LogP contribution in [0, 0.1) is 18.3 Å². The Hall–Kier alpha value is -5.67. The molecular formula is C43H52N6O6. The van der Waals surface area contributed by atoms with Crippen LogP contribution in [0.1, 0.15) is 101 Å². The first kappa shape index (κ1) is 40.5. The third-order valence-corrected chi connectivity index (χ3v) is 9.49. The molecule has 12 nitrogen and oxygen atoms in total. The molecule has 3 amide bonds. The van der Waals surface area contributed by atoms with Gasteiger partial charge in [-0.15, -0.1) is 0 Å². The highest BCUT2D eigenvalue weighted by Crippen LogP contribution is 2.49. The molecule has 0 spiro atoms. The monoisotopic (exact) mass is 748 g/mol. The molecule has 1 aromatic heterocycles. The number of benzene rings is 3. The minimum absolute atomic E-state index is 0.0104. The highest BCUT2D eigenvalue weighted by atomic mass is 16.6.